The van der Waals surface area contributed by atoms with Crippen molar-refractivity contribution in [2.75, 3.05) is 25.0 Å². The Labute approximate surface area is 257 Å². The minimum Gasteiger partial charge on any atom is -0.331 e. The Morgan fingerprint density at radius 3 is 2.26 bits per heavy atom. The molecule has 42 heavy (non-hydrogen) atoms. The first-order valence-electron chi connectivity index (χ1n) is 15.6. The van der Waals surface area contributed by atoms with Gasteiger partial charge in [-0.25, -0.2) is 0 Å². The number of amides is 2. The van der Waals surface area contributed by atoms with Gasteiger partial charge in [0, 0.05) is 47.5 Å². The van der Waals surface area contributed by atoms with Gasteiger partial charge in [0.1, 0.15) is 0 Å². The summed E-state index contributed by atoms with van der Waals surface area (Å²) in [6.07, 6.45) is 7.84. The lowest BCUT2D eigenvalue weighted by molar-refractivity contribution is 0.0546. The number of nitrogens with one attached hydrogen (secondary N) is 1. The van der Waals surface area contributed by atoms with Crippen LogP contribution < -0.4 is 5.32 Å². The van der Waals surface area contributed by atoms with Crippen molar-refractivity contribution in [3.05, 3.63) is 100 Å². The number of halogens is 1. The van der Waals surface area contributed by atoms with Crippen LogP contribution in [0.1, 0.15) is 91.1 Å². The molecular weight excluding hydrogens is 542 g/mol. The van der Waals surface area contributed by atoms with Crippen molar-refractivity contribution >= 4 is 29.1 Å². The summed E-state index contributed by atoms with van der Waals surface area (Å²) < 4.78 is 0. The summed E-state index contributed by atoms with van der Waals surface area (Å²) in [6.45, 7) is 10.5. The Hall–Kier alpha value is -3.15. The summed E-state index contributed by atoms with van der Waals surface area (Å²) in [6, 6.07) is 23.2. The van der Waals surface area contributed by atoms with Crippen LogP contribution in [0.5, 0.6) is 0 Å². The van der Waals surface area contributed by atoms with Crippen LogP contribution in [-0.4, -0.2) is 47.3 Å². The molecule has 1 heterocycles. The van der Waals surface area contributed by atoms with E-state index < -0.39 is 0 Å². The van der Waals surface area contributed by atoms with Gasteiger partial charge in [-0.1, -0.05) is 75.5 Å². The highest BCUT2D eigenvalue weighted by Crippen LogP contribution is 2.24. The molecule has 0 radical (unpaired) electrons. The van der Waals surface area contributed by atoms with Gasteiger partial charge in [0.25, 0.3) is 11.8 Å². The van der Waals surface area contributed by atoms with E-state index in [0.29, 0.717) is 28.7 Å². The van der Waals surface area contributed by atoms with Crippen LogP contribution in [0.4, 0.5) is 5.69 Å². The second-order valence-corrected chi connectivity index (χ2v) is 12.4. The van der Waals surface area contributed by atoms with Gasteiger partial charge < -0.3 is 15.1 Å². The van der Waals surface area contributed by atoms with Gasteiger partial charge in [0.2, 0.25) is 0 Å². The molecule has 4 rings (SSSR count). The molecule has 0 spiro atoms. The van der Waals surface area contributed by atoms with Crippen LogP contribution in [0.15, 0.2) is 72.8 Å². The number of unbranched alkanes of at least 4 members (excludes halogenated alkanes) is 2. The maximum absolute atomic E-state index is 14.0. The predicted octanol–water partition coefficient (Wildman–Crippen LogP) is 8.48. The van der Waals surface area contributed by atoms with E-state index in [1.54, 1.807) is 24.3 Å². The number of carbonyl (C=O) groups is 2. The second kappa shape index (κ2) is 15.9. The zero-order valence-corrected chi connectivity index (χ0v) is 26.2. The molecule has 6 heteroatoms. The van der Waals surface area contributed by atoms with Crippen molar-refractivity contribution < 1.29 is 9.59 Å². The molecule has 0 aromatic heterocycles. The quantitative estimate of drug-likeness (QED) is 0.204. The zero-order chi connectivity index (χ0) is 29.9. The number of piperidine rings is 1. The number of carbonyl (C=O) groups excluding carboxylic acids is 2. The van der Waals surface area contributed by atoms with E-state index in [2.05, 4.69) is 48.0 Å². The van der Waals surface area contributed by atoms with Crippen LogP contribution in [0.3, 0.4) is 0 Å². The summed E-state index contributed by atoms with van der Waals surface area (Å²) >= 11 is 6.05. The molecule has 1 N–H and O–H groups in total. The van der Waals surface area contributed by atoms with Gasteiger partial charge in [-0.3, -0.25) is 9.59 Å². The standard InChI is InChI=1S/C36H46ClN3O2/c1-4-5-6-8-28-11-15-30(16-12-28)36(42)40(34-20-23-39(24-21-34)22-19-27(2)3)26-29-13-17-33(18-14-29)38-35(41)31-9-7-10-32(37)25-31/h7,9-18,25,27,34H,4-6,8,19-24,26H2,1-3H3,(H,38,41). The summed E-state index contributed by atoms with van der Waals surface area (Å²) in [5, 5.41) is 3.47. The first-order chi connectivity index (χ1) is 20.3. The monoisotopic (exact) mass is 587 g/mol. The largest absolute Gasteiger partial charge is 0.331 e. The number of anilines is 1. The number of aryl methyl sites for hydroxylation is 1. The van der Waals surface area contributed by atoms with Gasteiger partial charge in [-0.05, 0) is 98.2 Å². The molecule has 0 aliphatic carbocycles. The lowest BCUT2D eigenvalue weighted by Gasteiger charge is -2.39. The van der Waals surface area contributed by atoms with E-state index in [1.807, 2.05) is 36.4 Å². The number of rotatable bonds is 13. The SMILES string of the molecule is CCCCCc1ccc(C(=O)N(Cc2ccc(NC(=O)c3cccc(Cl)c3)cc2)C2CCN(CCC(C)C)CC2)cc1. The molecule has 3 aromatic carbocycles. The number of hydrogen-bond acceptors (Lipinski definition) is 3. The van der Waals surface area contributed by atoms with Crippen LogP contribution in [-0.2, 0) is 13.0 Å². The fraction of sp³-hybridized carbons (Fsp3) is 0.444. The van der Waals surface area contributed by atoms with Crippen molar-refractivity contribution in [2.24, 2.45) is 5.92 Å². The molecule has 224 valence electrons. The van der Waals surface area contributed by atoms with Crippen LogP contribution >= 0.6 is 11.6 Å². The highest BCUT2D eigenvalue weighted by molar-refractivity contribution is 6.31. The number of hydrogen-bond donors (Lipinski definition) is 1. The number of benzene rings is 3. The fourth-order valence-corrected chi connectivity index (χ4v) is 5.73. The Bertz CT molecular complexity index is 1280. The average molecular weight is 588 g/mol. The first-order valence-corrected chi connectivity index (χ1v) is 16.0. The fourth-order valence-electron chi connectivity index (χ4n) is 5.54. The number of likely N-dealkylation sites (tertiary alicyclic amines) is 1. The van der Waals surface area contributed by atoms with Crippen LogP contribution in [0.2, 0.25) is 5.02 Å². The molecule has 0 saturated carbocycles. The average Bonchev–Trinajstić information content (AvgIpc) is 3.00. The summed E-state index contributed by atoms with van der Waals surface area (Å²) in [5.74, 6) is 0.586. The van der Waals surface area contributed by atoms with Crippen molar-refractivity contribution in [3.8, 4) is 0 Å². The third-order valence-electron chi connectivity index (χ3n) is 8.20. The normalized spacial score (nSPS) is 14.2. The Morgan fingerprint density at radius 2 is 1.62 bits per heavy atom. The lowest BCUT2D eigenvalue weighted by atomic mass is 9.99. The highest BCUT2D eigenvalue weighted by atomic mass is 35.5. The maximum atomic E-state index is 14.0. The molecule has 0 unspecified atom stereocenters. The molecule has 0 bridgehead atoms. The lowest BCUT2D eigenvalue weighted by Crippen LogP contribution is -2.47. The predicted molar refractivity (Wildman–Crippen MR) is 174 cm³/mol. The smallest absolute Gasteiger partial charge is 0.255 e. The van der Waals surface area contributed by atoms with E-state index in [4.69, 9.17) is 11.6 Å². The molecule has 1 saturated heterocycles. The zero-order valence-electron chi connectivity index (χ0n) is 25.4. The second-order valence-electron chi connectivity index (χ2n) is 12.0. The third kappa shape index (κ3) is 9.43. The molecule has 0 atom stereocenters. The Kier molecular flexibility index (Phi) is 12.0. The van der Waals surface area contributed by atoms with E-state index >= 15 is 0 Å². The molecule has 2 amide bonds. The van der Waals surface area contributed by atoms with Gasteiger partial charge in [-0.15, -0.1) is 0 Å². The van der Waals surface area contributed by atoms with E-state index in [0.717, 1.165) is 50.0 Å². The van der Waals surface area contributed by atoms with Gasteiger partial charge in [0.15, 0.2) is 0 Å². The molecule has 1 aliphatic heterocycles. The van der Waals surface area contributed by atoms with Crippen LogP contribution in [0, 0.1) is 5.92 Å². The minimum absolute atomic E-state index is 0.0917. The minimum atomic E-state index is -0.204. The van der Waals surface area contributed by atoms with Crippen molar-refractivity contribution in [1.29, 1.82) is 0 Å². The first kappa shape index (κ1) is 31.8. The third-order valence-corrected chi connectivity index (χ3v) is 8.44. The van der Waals surface area contributed by atoms with Gasteiger partial charge in [-0.2, -0.15) is 0 Å². The summed E-state index contributed by atoms with van der Waals surface area (Å²) in [7, 11) is 0. The molecule has 1 fully saturated rings. The topological polar surface area (TPSA) is 52.7 Å². The molecule has 1 aliphatic rings. The van der Waals surface area contributed by atoms with Gasteiger partial charge >= 0.3 is 0 Å². The van der Waals surface area contributed by atoms with E-state index in [-0.39, 0.29) is 17.9 Å². The Morgan fingerprint density at radius 1 is 0.929 bits per heavy atom. The molecule has 3 aromatic rings. The van der Waals surface area contributed by atoms with Crippen molar-refractivity contribution in [1.82, 2.24) is 9.80 Å². The number of nitrogens with zero attached hydrogens (tertiary/aromatic N) is 2. The maximum Gasteiger partial charge on any atom is 0.255 e. The van der Waals surface area contributed by atoms with Gasteiger partial charge in [0.05, 0.1) is 0 Å². The van der Waals surface area contributed by atoms with Crippen LogP contribution in [0.25, 0.3) is 0 Å². The molecule has 5 nitrogen and oxygen atoms in total. The summed E-state index contributed by atoms with van der Waals surface area (Å²) in [5.41, 5.74) is 4.31. The van der Waals surface area contributed by atoms with Crippen molar-refractivity contribution in [2.45, 2.75) is 78.3 Å². The van der Waals surface area contributed by atoms with E-state index in [1.165, 1.54) is 31.2 Å². The Balaban J connectivity index is 1.45. The summed E-state index contributed by atoms with van der Waals surface area (Å²) in [4.78, 5) is 31.2. The highest BCUT2D eigenvalue weighted by Gasteiger charge is 2.29. The molecular formula is C36H46ClN3O2. The van der Waals surface area contributed by atoms with E-state index in [9.17, 15) is 9.59 Å². The van der Waals surface area contributed by atoms with Crippen molar-refractivity contribution in [3.63, 3.8) is 0 Å².